The summed E-state index contributed by atoms with van der Waals surface area (Å²) < 4.78 is 31.6. The maximum Gasteiger partial charge on any atom is 0.304 e. The molecule has 1 N–H and O–H groups in total. The van der Waals surface area contributed by atoms with Crippen LogP contribution in [0.5, 0.6) is 5.75 Å². The number of aliphatic carboxylic acids is 1. The van der Waals surface area contributed by atoms with Gasteiger partial charge in [-0.1, -0.05) is 0 Å². The van der Waals surface area contributed by atoms with Crippen LogP contribution in [0.1, 0.15) is 27.2 Å². The summed E-state index contributed by atoms with van der Waals surface area (Å²) in [6.07, 6.45) is -0.243. The lowest BCUT2D eigenvalue weighted by Gasteiger charge is -2.34. The first-order chi connectivity index (χ1) is 9.59. The molecular formula is C14H21NO5S. The number of sulfonamides is 1. The van der Waals surface area contributed by atoms with E-state index in [9.17, 15) is 13.2 Å². The van der Waals surface area contributed by atoms with Gasteiger partial charge in [0.15, 0.2) is 0 Å². The highest BCUT2D eigenvalue weighted by Crippen LogP contribution is 2.26. The maximum absolute atomic E-state index is 12.7. The molecule has 0 fully saturated rings. The molecule has 0 spiro atoms. The minimum atomic E-state index is -3.76. The summed E-state index contributed by atoms with van der Waals surface area (Å²) in [6, 6.07) is 6.02. The summed E-state index contributed by atoms with van der Waals surface area (Å²) in [4.78, 5) is 10.9. The van der Waals surface area contributed by atoms with Gasteiger partial charge in [0.05, 0.1) is 18.4 Å². The summed E-state index contributed by atoms with van der Waals surface area (Å²) in [5.41, 5.74) is -0.714. The Morgan fingerprint density at radius 2 is 1.76 bits per heavy atom. The van der Waals surface area contributed by atoms with Gasteiger partial charge in [-0.3, -0.25) is 4.79 Å². The number of hydrogen-bond donors (Lipinski definition) is 1. The van der Waals surface area contributed by atoms with Crippen LogP contribution < -0.4 is 4.74 Å². The van der Waals surface area contributed by atoms with Gasteiger partial charge in [-0.2, -0.15) is 4.31 Å². The molecule has 1 aromatic carbocycles. The predicted octanol–water partition coefficient (Wildman–Crippen LogP) is 1.96. The van der Waals surface area contributed by atoms with Crippen molar-refractivity contribution in [3.8, 4) is 5.75 Å². The fourth-order valence-electron chi connectivity index (χ4n) is 1.89. The van der Waals surface area contributed by atoms with Crippen molar-refractivity contribution in [3.63, 3.8) is 0 Å². The molecule has 0 aliphatic heterocycles. The average Bonchev–Trinajstić information content (AvgIpc) is 2.36. The highest BCUT2D eigenvalue weighted by atomic mass is 32.2. The quantitative estimate of drug-likeness (QED) is 0.867. The Morgan fingerprint density at radius 3 is 2.14 bits per heavy atom. The van der Waals surface area contributed by atoms with E-state index in [1.54, 1.807) is 32.9 Å². The minimum Gasteiger partial charge on any atom is -0.497 e. The zero-order valence-corrected chi connectivity index (χ0v) is 13.5. The number of benzene rings is 1. The molecule has 0 heterocycles. The summed E-state index contributed by atoms with van der Waals surface area (Å²) in [7, 11) is -2.27. The number of ether oxygens (including phenoxy) is 1. The molecule has 1 aromatic rings. The molecule has 118 valence electrons. The summed E-state index contributed by atoms with van der Waals surface area (Å²) in [5.74, 6) is -0.476. The number of carboxylic acids is 1. The van der Waals surface area contributed by atoms with Crippen molar-refractivity contribution in [2.75, 3.05) is 13.7 Å². The number of hydrogen-bond acceptors (Lipinski definition) is 4. The Kier molecular flexibility index (Phi) is 5.36. The number of nitrogens with zero attached hydrogens (tertiary/aromatic N) is 1. The highest BCUT2D eigenvalue weighted by molar-refractivity contribution is 7.89. The van der Waals surface area contributed by atoms with E-state index in [-0.39, 0.29) is 17.9 Å². The van der Waals surface area contributed by atoms with Gasteiger partial charge in [0.2, 0.25) is 10.0 Å². The second-order valence-corrected chi connectivity index (χ2v) is 7.43. The first-order valence-corrected chi connectivity index (χ1v) is 7.91. The fourth-order valence-corrected chi connectivity index (χ4v) is 3.68. The van der Waals surface area contributed by atoms with Crippen LogP contribution in [0.15, 0.2) is 29.2 Å². The third kappa shape index (κ3) is 4.44. The molecule has 21 heavy (non-hydrogen) atoms. The number of carbonyl (C=O) groups is 1. The molecule has 0 bridgehead atoms. The number of carboxylic acid groups (broad SMARTS) is 1. The van der Waals surface area contributed by atoms with E-state index in [0.717, 1.165) is 0 Å². The third-order valence-corrected chi connectivity index (χ3v) is 5.10. The van der Waals surface area contributed by atoms with Gasteiger partial charge in [0.25, 0.3) is 0 Å². The molecule has 0 saturated heterocycles. The molecular weight excluding hydrogens is 294 g/mol. The van der Waals surface area contributed by atoms with Crippen molar-refractivity contribution in [1.82, 2.24) is 4.31 Å². The maximum atomic E-state index is 12.7. The fraction of sp³-hybridized carbons (Fsp3) is 0.500. The van der Waals surface area contributed by atoms with Crippen molar-refractivity contribution >= 4 is 16.0 Å². The van der Waals surface area contributed by atoms with Crippen molar-refractivity contribution in [2.45, 2.75) is 37.6 Å². The smallest absolute Gasteiger partial charge is 0.304 e. The highest BCUT2D eigenvalue weighted by Gasteiger charge is 2.34. The van der Waals surface area contributed by atoms with E-state index < -0.39 is 21.5 Å². The van der Waals surface area contributed by atoms with Gasteiger partial charge in [-0.05, 0) is 45.0 Å². The van der Waals surface area contributed by atoms with Crippen LogP contribution in [0.25, 0.3) is 0 Å². The van der Waals surface area contributed by atoms with Crippen LogP contribution in [0.4, 0.5) is 0 Å². The molecule has 1 rings (SSSR count). The van der Waals surface area contributed by atoms with E-state index in [0.29, 0.717) is 5.75 Å². The molecule has 0 aliphatic rings. The third-order valence-electron chi connectivity index (χ3n) is 2.92. The van der Waals surface area contributed by atoms with Gasteiger partial charge < -0.3 is 9.84 Å². The van der Waals surface area contributed by atoms with Gasteiger partial charge in [-0.15, -0.1) is 0 Å². The van der Waals surface area contributed by atoms with Gasteiger partial charge in [0.1, 0.15) is 5.75 Å². The number of rotatable bonds is 6. The second kappa shape index (κ2) is 6.44. The molecule has 6 nitrogen and oxygen atoms in total. The predicted molar refractivity (Wildman–Crippen MR) is 78.9 cm³/mol. The normalized spacial score (nSPS) is 12.4. The van der Waals surface area contributed by atoms with Crippen LogP contribution in [0, 0.1) is 0 Å². The van der Waals surface area contributed by atoms with Crippen LogP contribution in [-0.4, -0.2) is 43.0 Å². The molecule has 0 radical (unpaired) electrons. The van der Waals surface area contributed by atoms with E-state index >= 15 is 0 Å². The van der Waals surface area contributed by atoms with Crippen LogP contribution in [0.2, 0.25) is 0 Å². The van der Waals surface area contributed by atoms with E-state index in [1.165, 1.54) is 23.5 Å². The van der Waals surface area contributed by atoms with Gasteiger partial charge in [-0.25, -0.2) is 8.42 Å². The first kappa shape index (κ1) is 17.5. The standard InChI is InChI=1S/C14H21NO5S/c1-14(2,3)15(10-9-13(16)17)21(18,19)12-7-5-11(20-4)6-8-12/h5-8H,9-10H2,1-4H3,(H,16,17). The van der Waals surface area contributed by atoms with Crippen molar-refractivity contribution < 1.29 is 23.1 Å². The SMILES string of the molecule is COc1ccc(S(=O)(=O)N(CCC(=O)O)C(C)(C)C)cc1. The van der Waals surface area contributed by atoms with Crippen LogP contribution >= 0.6 is 0 Å². The largest absolute Gasteiger partial charge is 0.497 e. The lowest BCUT2D eigenvalue weighted by atomic mass is 10.1. The lowest BCUT2D eigenvalue weighted by molar-refractivity contribution is -0.137. The zero-order chi connectivity index (χ0) is 16.3. The van der Waals surface area contributed by atoms with Crippen molar-refractivity contribution in [1.29, 1.82) is 0 Å². The minimum absolute atomic E-state index is 0.0762. The molecule has 0 aliphatic carbocycles. The lowest BCUT2D eigenvalue weighted by Crippen LogP contribution is -2.46. The molecule has 0 amide bonds. The van der Waals surface area contributed by atoms with Crippen LogP contribution in [-0.2, 0) is 14.8 Å². The van der Waals surface area contributed by atoms with Gasteiger partial charge >= 0.3 is 5.97 Å². The van der Waals surface area contributed by atoms with Crippen molar-refractivity contribution in [2.24, 2.45) is 0 Å². The first-order valence-electron chi connectivity index (χ1n) is 6.47. The van der Waals surface area contributed by atoms with Crippen molar-refractivity contribution in [3.05, 3.63) is 24.3 Å². The molecule has 0 unspecified atom stereocenters. The van der Waals surface area contributed by atoms with E-state index in [4.69, 9.17) is 9.84 Å². The van der Waals surface area contributed by atoms with Crippen LogP contribution in [0.3, 0.4) is 0 Å². The Hall–Kier alpha value is -1.60. The van der Waals surface area contributed by atoms with Gasteiger partial charge in [0, 0.05) is 12.1 Å². The molecule has 0 aromatic heterocycles. The Labute approximate surface area is 125 Å². The van der Waals surface area contributed by atoms with E-state index in [1.807, 2.05) is 0 Å². The zero-order valence-electron chi connectivity index (χ0n) is 12.7. The summed E-state index contributed by atoms with van der Waals surface area (Å²) in [6.45, 7) is 5.12. The Balaban J connectivity index is 3.16. The summed E-state index contributed by atoms with van der Waals surface area (Å²) in [5, 5.41) is 8.79. The molecule has 0 atom stereocenters. The van der Waals surface area contributed by atoms with E-state index in [2.05, 4.69) is 0 Å². The average molecular weight is 315 g/mol. The molecule has 0 saturated carbocycles. The Morgan fingerprint density at radius 1 is 1.24 bits per heavy atom. The second-order valence-electron chi connectivity index (χ2n) is 5.57. The number of methoxy groups -OCH3 is 1. The summed E-state index contributed by atoms with van der Waals surface area (Å²) >= 11 is 0. The Bertz CT molecular complexity index is 587. The molecule has 7 heteroatoms. The topological polar surface area (TPSA) is 83.9 Å². The monoisotopic (exact) mass is 315 g/mol.